The molecule has 3 nitrogen and oxygen atoms in total. The predicted molar refractivity (Wildman–Crippen MR) is 45.2 cm³/mol. The molecule has 0 heterocycles. The van der Waals surface area contributed by atoms with Crippen LogP contribution in [0.5, 0.6) is 0 Å². The zero-order valence-corrected chi connectivity index (χ0v) is 8.36. The summed E-state index contributed by atoms with van der Waals surface area (Å²) < 4.78 is 20.4. The van der Waals surface area contributed by atoms with E-state index < -0.39 is 11.4 Å². The second-order valence-corrected chi connectivity index (χ2v) is 3.52. The minimum atomic E-state index is -1.60. The molecule has 0 bridgehead atoms. The fourth-order valence-corrected chi connectivity index (χ4v) is 1.20. The number of hydrogen-bond acceptors (Lipinski definition) is 3. The molecule has 0 saturated heterocycles. The molecule has 1 atom stereocenters. The lowest BCUT2D eigenvalue weighted by atomic mass is 10.0. The third-order valence-electron chi connectivity index (χ3n) is 1.90. The van der Waals surface area contributed by atoms with Crippen LogP contribution in [-0.4, -0.2) is 16.9 Å². The van der Waals surface area contributed by atoms with Crippen molar-refractivity contribution < 1.29 is 12.6 Å². The Bertz CT molecular complexity index is 132. The summed E-state index contributed by atoms with van der Waals surface area (Å²) >= 11 is -1.60. The summed E-state index contributed by atoms with van der Waals surface area (Å²) in [6.07, 6.45) is 1.66. The van der Waals surface area contributed by atoms with E-state index in [4.69, 9.17) is 4.18 Å². The second kappa shape index (κ2) is 4.85. The normalized spacial score (nSPS) is 14.9. The Labute approximate surface area is 70.9 Å². The fourth-order valence-electron chi connectivity index (χ4n) is 0.566. The quantitative estimate of drug-likeness (QED) is 0.647. The van der Waals surface area contributed by atoms with Crippen LogP contribution in [0.1, 0.15) is 33.6 Å². The fraction of sp³-hybridized carbons (Fsp3) is 1.00. The summed E-state index contributed by atoms with van der Waals surface area (Å²) in [6.45, 7) is 5.91. The zero-order valence-electron chi connectivity index (χ0n) is 7.55. The molecule has 0 aliphatic heterocycles. The lowest BCUT2D eigenvalue weighted by Crippen LogP contribution is -2.27. The van der Waals surface area contributed by atoms with Crippen LogP contribution >= 0.6 is 0 Å². The van der Waals surface area contributed by atoms with Gasteiger partial charge in [-0.1, -0.05) is 13.8 Å². The number of hydrogen-bond donors (Lipinski definition) is 0. The van der Waals surface area contributed by atoms with E-state index in [-0.39, 0.29) is 5.60 Å². The third kappa shape index (κ3) is 3.84. The van der Waals surface area contributed by atoms with Crippen molar-refractivity contribution in [3.05, 3.63) is 0 Å². The van der Waals surface area contributed by atoms with Gasteiger partial charge in [-0.25, -0.2) is 0 Å². The highest BCUT2D eigenvalue weighted by molar-refractivity contribution is 7.75. The topological polar surface area (TPSA) is 35.5 Å². The highest BCUT2D eigenvalue weighted by Crippen LogP contribution is 2.20. The van der Waals surface area contributed by atoms with Gasteiger partial charge in [-0.15, -0.1) is 0 Å². The standard InChI is InChI=1S/C7H16O3S/c1-5-7(3,6-2)10-11(8)9-4/h5-6H2,1-4H3. The van der Waals surface area contributed by atoms with Gasteiger partial charge in [0.25, 0.3) is 0 Å². The van der Waals surface area contributed by atoms with E-state index >= 15 is 0 Å². The van der Waals surface area contributed by atoms with E-state index in [1.807, 2.05) is 20.8 Å². The van der Waals surface area contributed by atoms with Crippen LogP contribution in [0.2, 0.25) is 0 Å². The SMILES string of the molecule is CCC(C)(CC)OS(=O)OC. The third-order valence-corrected chi connectivity index (χ3v) is 2.71. The molecular formula is C7H16O3S. The summed E-state index contributed by atoms with van der Waals surface area (Å²) in [7, 11) is 1.36. The first kappa shape index (κ1) is 11.1. The van der Waals surface area contributed by atoms with E-state index in [9.17, 15) is 4.21 Å². The molecule has 0 radical (unpaired) electrons. The van der Waals surface area contributed by atoms with Crippen molar-refractivity contribution in [2.24, 2.45) is 0 Å². The summed E-state index contributed by atoms with van der Waals surface area (Å²) in [5.74, 6) is 0. The molecule has 0 aromatic carbocycles. The van der Waals surface area contributed by atoms with E-state index in [0.29, 0.717) is 0 Å². The average Bonchev–Trinajstić information content (AvgIpc) is 2.04. The van der Waals surface area contributed by atoms with E-state index in [2.05, 4.69) is 4.18 Å². The molecule has 0 N–H and O–H groups in total. The van der Waals surface area contributed by atoms with Crippen LogP contribution in [0, 0.1) is 0 Å². The van der Waals surface area contributed by atoms with Gasteiger partial charge in [-0.05, 0) is 19.8 Å². The van der Waals surface area contributed by atoms with Gasteiger partial charge < -0.3 is 0 Å². The van der Waals surface area contributed by atoms with Gasteiger partial charge in [0.1, 0.15) is 0 Å². The lowest BCUT2D eigenvalue weighted by Gasteiger charge is -2.24. The molecule has 4 heteroatoms. The predicted octanol–water partition coefficient (Wildman–Crippen LogP) is 1.81. The Morgan fingerprint density at radius 2 is 1.82 bits per heavy atom. The van der Waals surface area contributed by atoms with Gasteiger partial charge in [-0.3, -0.25) is 8.37 Å². The lowest BCUT2D eigenvalue weighted by molar-refractivity contribution is 0.0815. The average molecular weight is 180 g/mol. The molecule has 0 aromatic rings. The van der Waals surface area contributed by atoms with Gasteiger partial charge in [0.15, 0.2) is 0 Å². The maximum atomic E-state index is 10.8. The first-order valence-corrected chi connectivity index (χ1v) is 4.73. The molecule has 0 rings (SSSR count). The van der Waals surface area contributed by atoms with Crippen LogP contribution in [0.3, 0.4) is 0 Å². The summed E-state index contributed by atoms with van der Waals surface area (Å²) in [5.41, 5.74) is -0.319. The van der Waals surface area contributed by atoms with Crippen LogP contribution in [-0.2, 0) is 19.7 Å². The molecule has 1 unspecified atom stereocenters. The van der Waals surface area contributed by atoms with Crippen molar-refractivity contribution in [1.29, 1.82) is 0 Å². The molecule has 11 heavy (non-hydrogen) atoms. The van der Waals surface area contributed by atoms with E-state index in [1.54, 1.807) is 0 Å². The van der Waals surface area contributed by atoms with Crippen molar-refractivity contribution in [2.45, 2.75) is 39.2 Å². The summed E-state index contributed by atoms with van der Waals surface area (Å²) in [6, 6.07) is 0. The Balaban J connectivity index is 3.96. The van der Waals surface area contributed by atoms with Gasteiger partial charge in [0.05, 0.1) is 12.7 Å². The molecule has 0 amide bonds. The van der Waals surface area contributed by atoms with E-state index in [0.717, 1.165) is 12.8 Å². The van der Waals surface area contributed by atoms with Gasteiger partial charge in [0, 0.05) is 0 Å². The maximum Gasteiger partial charge on any atom is 0.304 e. The van der Waals surface area contributed by atoms with Crippen molar-refractivity contribution in [3.63, 3.8) is 0 Å². The first-order chi connectivity index (χ1) is 5.08. The van der Waals surface area contributed by atoms with Gasteiger partial charge >= 0.3 is 11.4 Å². The Morgan fingerprint density at radius 1 is 1.36 bits per heavy atom. The van der Waals surface area contributed by atoms with Gasteiger partial charge in [-0.2, -0.15) is 4.21 Å². The molecule has 0 aromatic heterocycles. The summed E-state index contributed by atoms with van der Waals surface area (Å²) in [5, 5.41) is 0. The number of rotatable bonds is 5. The second-order valence-electron chi connectivity index (χ2n) is 2.61. The van der Waals surface area contributed by atoms with Crippen LogP contribution in [0.25, 0.3) is 0 Å². The summed E-state index contributed by atoms with van der Waals surface area (Å²) in [4.78, 5) is 0. The van der Waals surface area contributed by atoms with Crippen molar-refractivity contribution in [3.8, 4) is 0 Å². The molecule has 0 aliphatic rings. The Morgan fingerprint density at radius 3 is 2.09 bits per heavy atom. The Hall–Kier alpha value is 0.0700. The minimum Gasteiger partial charge on any atom is -0.272 e. The highest BCUT2D eigenvalue weighted by atomic mass is 32.2. The zero-order chi connectivity index (χ0) is 8.91. The molecule has 0 fully saturated rings. The minimum absolute atomic E-state index is 0.319. The highest BCUT2D eigenvalue weighted by Gasteiger charge is 2.23. The molecule has 0 aliphatic carbocycles. The van der Waals surface area contributed by atoms with Crippen LogP contribution < -0.4 is 0 Å². The molecule has 0 saturated carbocycles. The maximum absolute atomic E-state index is 10.8. The van der Waals surface area contributed by atoms with Crippen LogP contribution in [0.15, 0.2) is 0 Å². The van der Waals surface area contributed by atoms with Gasteiger partial charge in [0.2, 0.25) is 0 Å². The molecule has 0 spiro atoms. The first-order valence-electron chi connectivity index (χ1n) is 3.73. The molecular weight excluding hydrogens is 164 g/mol. The van der Waals surface area contributed by atoms with E-state index in [1.165, 1.54) is 7.11 Å². The van der Waals surface area contributed by atoms with Crippen LogP contribution in [0.4, 0.5) is 0 Å². The van der Waals surface area contributed by atoms with Crippen molar-refractivity contribution in [1.82, 2.24) is 0 Å². The molecule has 68 valence electrons. The van der Waals surface area contributed by atoms with Crippen molar-refractivity contribution >= 4 is 11.4 Å². The largest absolute Gasteiger partial charge is 0.304 e. The smallest absolute Gasteiger partial charge is 0.272 e. The van der Waals surface area contributed by atoms with Crippen molar-refractivity contribution in [2.75, 3.05) is 7.11 Å². The Kier molecular flexibility index (Phi) is 4.88. The monoisotopic (exact) mass is 180 g/mol.